The van der Waals surface area contributed by atoms with E-state index in [1.807, 2.05) is 18.2 Å². The smallest absolute Gasteiger partial charge is 0.0184 e. The van der Waals surface area contributed by atoms with Crippen LogP contribution in [0.2, 0.25) is 0 Å². The number of hydrogen-bond acceptors (Lipinski definition) is 0. The topological polar surface area (TPSA) is 0 Å². The van der Waals surface area contributed by atoms with Crippen molar-refractivity contribution in [3.63, 3.8) is 0 Å². The van der Waals surface area contributed by atoms with Gasteiger partial charge in [-0.3, -0.25) is 0 Å². The molecule has 0 saturated carbocycles. The Morgan fingerprint density at radius 2 is 1.67 bits per heavy atom. The van der Waals surface area contributed by atoms with Crippen molar-refractivity contribution < 1.29 is 0 Å². The average molecular weight is 193 g/mol. The molecule has 0 aliphatic rings. The lowest BCUT2D eigenvalue weighted by Gasteiger charge is -2.01. The van der Waals surface area contributed by atoms with Crippen molar-refractivity contribution in [1.29, 1.82) is 0 Å². The van der Waals surface area contributed by atoms with E-state index in [1.165, 1.54) is 16.7 Å². The molecule has 1 radical (unpaired) electrons. The van der Waals surface area contributed by atoms with Crippen molar-refractivity contribution in [2.75, 3.05) is 0 Å². The van der Waals surface area contributed by atoms with Gasteiger partial charge in [-0.2, -0.15) is 0 Å². The summed E-state index contributed by atoms with van der Waals surface area (Å²) >= 11 is 0. The van der Waals surface area contributed by atoms with Crippen LogP contribution in [-0.2, 0) is 0 Å². The van der Waals surface area contributed by atoms with Crippen LogP contribution >= 0.6 is 0 Å². The van der Waals surface area contributed by atoms with Gasteiger partial charge in [-0.1, -0.05) is 60.7 Å². The van der Waals surface area contributed by atoms with Gasteiger partial charge in [-0.25, -0.2) is 0 Å². The summed E-state index contributed by atoms with van der Waals surface area (Å²) < 4.78 is 0. The van der Waals surface area contributed by atoms with Crippen LogP contribution in [0.4, 0.5) is 0 Å². The molecule has 0 spiro atoms. The fourth-order valence-corrected chi connectivity index (χ4v) is 1.53. The minimum Gasteiger partial charge on any atom is -0.0622 e. The Morgan fingerprint density at radius 3 is 2.33 bits per heavy atom. The van der Waals surface area contributed by atoms with Crippen molar-refractivity contribution in [3.05, 3.63) is 71.8 Å². The van der Waals surface area contributed by atoms with Gasteiger partial charge in [0.2, 0.25) is 0 Å². The van der Waals surface area contributed by atoms with Crippen molar-refractivity contribution in [3.8, 4) is 0 Å². The third-order valence-corrected chi connectivity index (χ3v) is 2.36. The molecule has 15 heavy (non-hydrogen) atoms. The number of allylic oxidation sites excluding steroid dienone is 1. The fourth-order valence-electron chi connectivity index (χ4n) is 1.53. The maximum atomic E-state index is 3.02. The van der Waals surface area contributed by atoms with E-state index in [0.29, 0.717) is 0 Å². The zero-order chi connectivity index (χ0) is 10.5. The first-order chi connectivity index (χ1) is 7.36. The van der Waals surface area contributed by atoms with Gasteiger partial charge in [0.05, 0.1) is 0 Å². The van der Waals surface area contributed by atoms with Gasteiger partial charge in [0.25, 0.3) is 0 Å². The Hall–Kier alpha value is -1.82. The molecule has 0 saturated heterocycles. The van der Waals surface area contributed by atoms with Gasteiger partial charge in [-0.05, 0) is 29.7 Å². The quantitative estimate of drug-likeness (QED) is 0.631. The SMILES string of the molecule is CC(=Cc1cc[c]cc1)c1ccccc1. The Balaban J connectivity index is 2.29. The van der Waals surface area contributed by atoms with Crippen molar-refractivity contribution >= 4 is 11.6 Å². The Labute approximate surface area is 90.9 Å². The summed E-state index contributed by atoms with van der Waals surface area (Å²) in [5, 5.41) is 0. The van der Waals surface area contributed by atoms with Crippen molar-refractivity contribution in [2.24, 2.45) is 0 Å². The third-order valence-electron chi connectivity index (χ3n) is 2.36. The maximum Gasteiger partial charge on any atom is -0.0184 e. The van der Waals surface area contributed by atoms with E-state index >= 15 is 0 Å². The molecule has 73 valence electrons. The molecule has 0 amide bonds. The zero-order valence-electron chi connectivity index (χ0n) is 8.77. The third kappa shape index (κ3) is 2.57. The molecule has 2 aromatic carbocycles. The number of benzene rings is 2. The highest BCUT2D eigenvalue weighted by Gasteiger charge is 1.93. The second-order valence-electron chi connectivity index (χ2n) is 3.53. The lowest BCUT2D eigenvalue weighted by Crippen LogP contribution is -1.78. The predicted molar refractivity (Wildman–Crippen MR) is 65.3 cm³/mol. The van der Waals surface area contributed by atoms with E-state index in [-0.39, 0.29) is 0 Å². The van der Waals surface area contributed by atoms with Crippen LogP contribution in [0, 0.1) is 6.07 Å². The second-order valence-corrected chi connectivity index (χ2v) is 3.53. The lowest BCUT2D eigenvalue weighted by molar-refractivity contribution is 1.57. The molecular weight excluding hydrogens is 180 g/mol. The van der Waals surface area contributed by atoms with Crippen LogP contribution in [0.5, 0.6) is 0 Å². The molecule has 0 nitrogen and oxygen atoms in total. The van der Waals surface area contributed by atoms with Crippen molar-refractivity contribution in [2.45, 2.75) is 6.92 Å². The van der Waals surface area contributed by atoms with Crippen LogP contribution < -0.4 is 0 Å². The highest BCUT2D eigenvalue weighted by molar-refractivity contribution is 5.79. The monoisotopic (exact) mass is 193 g/mol. The molecule has 0 N–H and O–H groups in total. The van der Waals surface area contributed by atoms with Gasteiger partial charge >= 0.3 is 0 Å². The van der Waals surface area contributed by atoms with E-state index in [4.69, 9.17) is 0 Å². The van der Waals surface area contributed by atoms with Crippen LogP contribution in [0.25, 0.3) is 11.6 Å². The van der Waals surface area contributed by atoms with Gasteiger partial charge < -0.3 is 0 Å². The molecule has 0 heterocycles. The maximum absolute atomic E-state index is 3.02. The van der Waals surface area contributed by atoms with Gasteiger partial charge in [0, 0.05) is 0 Å². The zero-order valence-corrected chi connectivity index (χ0v) is 8.77. The highest BCUT2D eigenvalue weighted by Crippen LogP contribution is 2.16. The molecule has 0 aliphatic heterocycles. The summed E-state index contributed by atoms with van der Waals surface area (Å²) in [6, 6.07) is 21.4. The molecule has 2 rings (SSSR count). The molecule has 0 bridgehead atoms. The summed E-state index contributed by atoms with van der Waals surface area (Å²) in [6.45, 7) is 2.13. The molecule has 0 fully saturated rings. The standard InChI is InChI=1S/C15H13/c1-13(15-10-6-3-7-11-15)12-14-8-4-2-5-9-14/h3-12H,1H3. The summed E-state index contributed by atoms with van der Waals surface area (Å²) in [5.41, 5.74) is 3.77. The Morgan fingerprint density at radius 1 is 1.00 bits per heavy atom. The molecule has 0 unspecified atom stereocenters. The molecule has 0 atom stereocenters. The van der Waals surface area contributed by atoms with Crippen LogP contribution in [0.15, 0.2) is 54.6 Å². The summed E-state index contributed by atoms with van der Waals surface area (Å²) in [7, 11) is 0. The van der Waals surface area contributed by atoms with E-state index in [1.54, 1.807) is 0 Å². The van der Waals surface area contributed by atoms with Crippen LogP contribution in [-0.4, -0.2) is 0 Å². The van der Waals surface area contributed by atoms with Gasteiger partial charge in [0.15, 0.2) is 0 Å². The van der Waals surface area contributed by atoms with E-state index in [0.717, 1.165) is 0 Å². The first kappa shape index (κ1) is 9.72. The molecule has 2 aromatic rings. The van der Waals surface area contributed by atoms with E-state index < -0.39 is 0 Å². The first-order valence-corrected chi connectivity index (χ1v) is 5.06. The normalized spacial score (nSPS) is 11.4. The van der Waals surface area contributed by atoms with Crippen molar-refractivity contribution in [1.82, 2.24) is 0 Å². The summed E-state index contributed by atoms with van der Waals surface area (Å²) in [5.74, 6) is 0. The largest absolute Gasteiger partial charge is 0.0622 e. The Bertz CT molecular complexity index is 438. The molecule has 0 aromatic heterocycles. The summed E-state index contributed by atoms with van der Waals surface area (Å²) in [4.78, 5) is 0. The molecule has 0 aliphatic carbocycles. The van der Waals surface area contributed by atoms with E-state index in [2.05, 4.69) is 55.5 Å². The average Bonchev–Trinajstić information content (AvgIpc) is 2.31. The highest BCUT2D eigenvalue weighted by atomic mass is 14.0. The van der Waals surface area contributed by atoms with Crippen LogP contribution in [0.3, 0.4) is 0 Å². The first-order valence-electron chi connectivity index (χ1n) is 5.06. The summed E-state index contributed by atoms with van der Waals surface area (Å²) in [6.07, 6.45) is 2.18. The van der Waals surface area contributed by atoms with Crippen LogP contribution in [0.1, 0.15) is 18.1 Å². The second kappa shape index (κ2) is 4.61. The minimum absolute atomic E-state index is 1.22. The molecular formula is C15H13. The van der Waals surface area contributed by atoms with E-state index in [9.17, 15) is 0 Å². The number of hydrogen-bond donors (Lipinski definition) is 0. The Kier molecular flexibility index (Phi) is 2.99. The molecule has 0 heteroatoms. The number of rotatable bonds is 2. The van der Waals surface area contributed by atoms with Gasteiger partial charge in [0.1, 0.15) is 0 Å². The predicted octanol–water partition coefficient (Wildman–Crippen LogP) is 4.05. The minimum atomic E-state index is 1.22. The fraction of sp³-hybridized carbons (Fsp3) is 0.0667. The lowest BCUT2D eigenvalue weighted by atomic mass is 10.0. The van der Waals surface area contributed by atoms with Gasteiger partial charge in [-0.15, -0.1) is 0 Å².